The topological polar surface area (TPSA) is 107 Å². The summed E-state index contributed by atoms with van der Waals surface area (Å²) >= 11 is 6.06. The second-order valence-electron chi connectivity index (χ2n) is 7.55. The summed E-state index contributed by atoms with van der Waals surface area (Å²) < 4.78 is 7.89. The number of hydrogen-bond acceptors (Lipinski definition) is 6. The smallest absolute Gasteiger partial charge is 0.333 e. The molecule has 34 heavy (non-hydrogen) atoms. The highest BCUT2D eigenvalue weighted by Gasteiger charge is 2.19. The zero-order valence-electron chi connectivity index (χ0n) is 18.1. The highest BCUT2D eigenvalue weighted by atomic mass is 35.5. The molecule has 5 aromatic rings. The number of nitrogens with one attached hydrogen (secondary N) is 1. The van der Waals surface area contributed by atoms with Crippen LogP contribution in [-0.4, -0.2) is 30.2 Å². The van der Waals surface area contributed by atoms with Crippen molar-refractivity contribution in [1.29, 1.82) is 0 Å². The van der Waals surface area contributed by atoms with Crippen molar-refractivity contribution in [2.24, 2.45) is 0 Å². The molecule has 3 heterocycles. The molecule has 170 valence electrons. The Hall–Kier alpha value is -4.24. The fourth-order valence-electron chi connectivity index (χ4n) is 3.66. The maximum Gasteiger partial charge on any atom is 0.350 e. The molecule has 0 aliphatic heterocycles. The normalized spacial score (nSPS) is 11.1. The minimum Gasteiger partial charge on any atom is -0.333 e. The molecule has 0 radical (unpaired) electrons. The van der Waals surface area contributed by atoms with Gasteiger partial charge in [-0.05, 0) is 42.3 Å². The van der Waals surface area contributed by atoms with Crippen molar-refractivity contribution in [3.05, 3.63) is 87.9 Å². The number of anilines is 1. The van der Waals surface area contributed by atoms with Crippen LogP contribution in [0, 0.1) is 0 Å². The van der Waals surface area contributed by atoms with Crippen molar-refractivity contribution in [2.75, 3.05) is 5.32 Å². The molecule has 0 aliphatic carbocycles. The van der Waals surface area contributed by atoms with Crippen LogP contribution in [0.4, 0.5) is 5.69 Å². The van der Waals surface area contributed by atoms with Gasteiger partial charge in [-0.1, -0.05) is 54.0 Å². The summed E-state index contributed by atoms with van der Waals surface area (Å²) in [4.78, 5) is 30.0. The summed E-state index contributed by atoms with van der Waals surface area (Å²) in [5.74, 6) is 0.197. The lowest BCUT2D eigenvalue weighted by Gasteiger charge is -2.09. The van der Waals surface area contributed by atoms with Gasteiger partial charge in [0.25, 0.3) is 5.89 Å². The molecule has 1 amide bonds. The first-order chi connectivity index (χ1) is 16.5. The number of halogens is 1. The lowest BCUT2D eigenvalue weighted by atomic mass is 10.1. The lowest BCUT2D eigenvalue weighted by Crippen LogP contribution is -2.28. The van der Waals surface area contributed by atoms with Gasteiger partial charge in [-0.15, -0.1) is 5.10 Å². The first-order valence-electron chi connectivity index (χ1n) is 10.6. The average molecular weight is 475 g/mol. The van der Waals surface area contributed by atoms with Gasteiger partial charge in [0, 0.05) is 22.5 Å². The number of pyridine rings is 1. The van der Waals surface area contributed by atoms with E-state index in [1.807, 2.05) is 37.3 Å². The summed E-state index contributed by atoms with van der Waals surface area (Å²) in [7, 11) is 0. The van der Waals surface area contributed by atoms with Crippen LogP contribution in [0.2, 0.25) is 5.02 Å². The Morgan fingerprint density at radius 3 is 2.79 bits per heavy atom. The van der Waals surface area contributed by atoms with E-state index in [1.165, 1.54) is 4.40 Å². The van der Waals surface area contributed by atoms with E-state index in [2.05, 4.69) is 20.6 Å². The van der Waals surface area contributed by atoms with Gasteiger partial charge in [0.15, 0.2) is 5.65 Å². The van der Waals surface area contributed by atoms with Crippen molar-refractivity contribution in [1.82, 2.24) is 24.3 Å². The van der Waals surface area contributed by atoms with Crippen LogP contribution in [0.3, 0.4) is 0 Å². The largest absolute Gasteiger partial charge is 0.350 e. The highest BCUT2D eigenvalue weighted by molar-refractivity contribution is 6.30. The number of benzene rings is 2. The SMILES string of the molecule is CCc1ccccc1NC(=O)Cn1nc2c(-c3nc(-c4cccc(Cl)c4)no3)cccn2c1=O. The fourth-order valence-corrected chi connectivity index (χ4v) is 3.85. The fraction of sp³-hybridized carbons (Fsp3) is 0.125. The molecule has 3 aromatic heterocycles. The molecule has 0 unspecified atom stereocenters. The zero-order chi connectivity index (χ0) is 23.7. The van der Waals surface area contributed by atoms with Crippen molar-refractivity contribution < 1.29 is 9.32 Å². The minimum absolute atomic E-state index is 0.194. The third kappa shape index (κ3) is 4.08. The maximum atomic E-state index is 12.9. The molecule has 0 saturated carbocycles. The van der Waals surface area contributed by atoms with Gasteiger partial charge < -0.3 is 9.84 Å². The second kappa shape index (κ2) is 8.95. The first-order valence-corrected chi connectivity index (χ1v) is 11.0. The van der Waals surface area contributed by atoms with Crippen LogP contribution >= 0.6 is 11.6 Å². The van der Waals surface area contributed by atoms with Crippen LogP contribution in [0.1, 0.15) is 12.5 Å². The van der Waals surface area contributed by atoms with Crippen LogP contribution in [-0.2, 0) is 17.8 Å². The van der Waals surface area contributed by atoms with Gasteiger partial charge in [0.2, 0.25) is 11.7 Å². The zero-order valence-corrected chi connectivity index (χ0v) is 18.9. The van der Waals surface area contributed by atoms with Gasteiger partial charge in [0.05, 0.1) is 5.56 Å². The standard InChI is InChI=1S/C24H19ClN6O3/c1-2-15-7-3-4-11-19(15)26-20(32)14-31-24(33)30-12-6-10-18(22(30)28-31)23-27-21(29-34-23)16-8-5-9-17(25)13-16/h3-13H,2,14H2,1H3,(H,26,32). The number of hydrogen-bond donors (Lipinski definition) is 1. The van der Waals surface area contributed by atoms with E-state index in [0.717, 1.165) is 16.7 Å². The number of fused-ring (bicyclic) bond motifs is 1. The van der Waals surface area contributed by atoms with Crippen molar-refractivity contribution in [3.8, 4) is 22.8 Å². The van der Waals surface area contributed by atoms with Crippen molar-refractivity contribution >= 4 is 28.8 Å². The van der Waals surface area contributed by atoms with E-state index in [4.69, 9.17) is 16.1 Å². The van der Waals surface area contributed by atoms with Gasteiger partial charge in [0.1, 0.15) is 6.54 Å². The third-order valence-electron chi connectivity index (χ3n) is 5.31. The molecule has 0 aliphatic rings. The average Bonchev–Trinajstić information content (AvgIpc) is 3.45. The van der Waals surface area contributed by atoms with Gasteiger partial charge in [-0.2, -0.15) is 4.98 Å². The van der Waals surface area contributed by atoms with Crippen LogP contribution in [0.25, 0.3) is 28.5 Å². The third-order valence-corrected chi connectivity index (χ3v) is 5.55. The number of aryl methyl sites for hydroxylation is 1. The van der Waals surface area contributed by atoms with E-state index in [9.17, 15) is 9.59 Å². The Kier molecular flexibility index (Phi) is 5.69. The van der Waals surface area contributed by atoms with E-state index >= 15 is 0 Å². The summed E-state index contributed by atoms with van der Waals surface area (Å²) in [6, 6.07) is 18.0. The highest BCUT2D eigenvalue weighted by Crippen LogP contribution is 2.25. The number of carbonyl (C=O) groups excluding carboxylic acids is 1. The molecule has 9 nitrogen and oxygen atoms in total. The van der Waals surface area contributed by atoms with Crippen LogP contribution < -0.4 is 11.0 Å². The number of amides is 1. The Labute approximate surface area is 198 Å². The lowest BCUT2D eigenvalue weighted by molar-refractivity contribution is -0.117. The van der Waals surface area contributed by atoms with Gasteiger partial charge >= 0.3 is 5.69 Å². The molecule has 0 saturated heterocycles. The molecule has 0 spiro atoms. The van der Waals surface area contributed by atoms with Crippen LogP contribution in [0.15, 0.2) is 76.2 Å². The molecule has 0 bridgehead atoms. The molecule has 2 aromatic carbocycles. The Bertz CT molecular complexity index is 1570. The molecule has 1 N–H and O–H groups in total. The van der Waals surface area contributed by atoms with Crippen molar-refractivity contribution in [3.63, 3.8) is 0 Å². The maximum absolute atomic E-state index is 12.9. The van der Waals surface area contributed by atoms with E-state index in [1.54, 1.807) is 36.5 Å². The van der Waals surface area contributed by atoms with E-state index in [0.29, 0.717) is 33.3 Å². The predicted octanol–water partition coefficient (Wildman–Crippen LogP) is 4.07. The Morgan fingerprint density at radius 2 is 1.97 bits per heavy atom. The number of carbonyl (C=O) groups is 1. The van der Waals surface area contributed by atoms with Crippen LogP contribution in [0.5, 0.6) is 0 Å². The summed E-state index contributed by atoms with van der Waals surface area (Å²) in [6.45, 7) is 1.77. The van der Waals surface area contributed by atoms with Gasteiger partial charge in [-0.25, -0.2) is 13.9 Å². The number of rotatable bonds is 6. The van der Waals surface area contributed by atoms with Gasteiger partial charge in [-0.3, -0.25) is 4.79 Å². The molecule has 5 rings (SSSR count). The minimum atomic E-state index is -0.453. The quantitative estimate of drug-likeness (QED) is 0.397. The molecule has 0 atom stereocenters. The number of aromatic nitrogens is 5. The Balaban J connectivity index is 1.45. The van der Waals surface area contributed by atoms with Crippen molar-refractivity contribution in [2.45, 2.75) is 19.9 Å². The monoisotopic (exact) mass is 474 g/mol. The predicted molar refractivity (Wildman–Crippen MR) is 128 cm³/mol. The molecule has 10 heteroatoms. The Morgan fingerprint density at radius 1 is 1.12 bits per heavy atom. The molecule has 0 fully saturated rings. The second-order valence-corrected chi connectivity index (χ2v) is 7.98. The summed E-state index contributed by atoms with van der Waals surface area (Å²) in [6.07, 6.45) is 2.35. The summed E-state index contributed by atoms with van der Waals surface area (Å²) in [5.41, 5.74) is 2.73. The number of para-hydroxylation sites is 1. The number of nitrogens with zero attached hydrogens (tertiary/aromatic N) is 5. The first kappa shape index (κ1) is 21.6. The van der Waals surface area contributed by atoms with E-state index < -0.39 is 5.69 Å². The van der Waals surface area contributed by atoms with E-state index in [-0.39, 0.29) is 18.3 Å². The summed E-state index contributed by atoms with van der Waals surface area (Å²) in [5, 5.41) is 11.8. The molecular formula is C24H19ClN6O3. The molecular weight excluding hydrogens is 456 g/mol.